The highest BCUT2D eigenvalue weighted by Crippen LogP contribution is 2.33. The van der Waals surface area contributed by atoms with E-state index in [-0.39, 0.29) is 5.91 Å². The van der Waals surface area contributed by atoms with Crippen LogP contribution in [0.15, 0.2) is 52.3 Å². The minimum atomic E-state index is -0.205. The number of fused-ring (bicyclic) bond motifs is 2. The summed E-state index contributed by atoms with van der Waals surface area (Å²) in [6.07, 6.45) is 6.87. The highest BCUT2D eigenvalue weighted by molar-refractivity contribution is 8.26. The van der Waals surface area contributed by atoms with Crippen LogP contribution in [0.3, 0.4) is 0 Å². The molecular weight excluding hydrogens is 368 g/mol. The molecule has 1 fully saturated rings. The first-order valence-corrected chi connectivity index (χ1v) is 8.96. The molecule has 4 heterocycles. The van der Waals surface area contributed by atoms with Crippen molar-refractivity contribution < 1.29 is 9.21 Å². The van der Waals surface area contributed by atoms with Gasteiger partial charge in [-0.25, -0.2) is 4.98 Å². The van der Waals surface area contributed by atoms with Crippen LogP contribution >= 0.6 is 24.0 Å². The van der Waals surface area contributed by atoms with E-state index in [9.17, 15) is 4.79 Å². The Morgan fingerprint density at radius 2 is 2.15 bits per heavy atom. The maximum absolute atomic E-state index is 11.8. The zero-order valence-corrected chi connectivity index (χ0v) is 14.8. The van der Waals surface area contributed by atoms with Crippen LogP contribution in [0.5, 0.6) is 0 Å². The van der Waals surface area contributed by atoms with Crippen molar-refractivity contribution in [3.8, 4) is 11.1 Å². The molecule has 0 saturated carbocycles. The molecule has 1 aromatic carbocycles. The SMILES string of the molecule is O=C1NC(=S)S/C1=C\c1cc2cncc(-c3ccc4nc[nH]c4c3)c2o1. The number of nitrogens with one attached hydrogen (secondary N) is 2. The highest BCUT2D eigenvalue weighted by atomic mass is 32.2. The second-order valence-corrected chi connectivity index (χ2v) is 7.46. The number of imidazole rings is 1. The number of thiocarbonyl (C=S) groups is 1. The van der Waals surface area contributed by atoms with Crippen molar-refractivity contribution in [3.63, 3.8) is 0 Å². The Balaban J connectivity index is 1.63. The zero-order valence-electron chi connectivity index (χ0n) is 13.1. The molecule has 5 rings (SSSR count). The Morgan fingerprint density at radius 1 is 1.23 bits per heavy atom. The molecule has 0 radical (unpaired) electrons. The summed E-state index contributed by atoms with van der Waals surface area (Å²) >= 11 is 6.24. The molecule has 3 aromatic heterocycles. The molecular formula is C18H10N4O2S2. The Labute approximate surface area is 156 Å². The topological polar surface area (TPSA) is 83.8 Å². The van der Waals surface area contributed by atoms with Crippen LogP contribution in [0.25, 0.3) is 39.2 Å². The van der Waals surface area contributed by atoms with Crippen LogP contribution in [0.1, 0.15) is 5.76 Å². The smallest absolute Gasteiger partial charge is 0.263 e. The predicted molar refractivity (Wildman–Crippen MR) is 105 cm³/mol. The minimum absolute atomic E-state index is 0.205. The minimum Gasteiger partial charge on any atom is -0.456 e. The number of hydrogen-bond acceptors (Lipinski definition) is 6. The molecule has 126 valence electrons. The lowest BCUT2D eigenvalue weighted by molar-refractivity contribution is -0.115. The van der Waals surface area contributed by atoms with Crippen LogP contribution in [-0.4, -0.2) is 25.2 Å². The lowest BCUT2D eigenvalue weighted by Crippen LogP contribution is -2.17. The number of carbonyl (C=O) groups excluding carboxylic acids is 1. The monoisotopic (exact) mass is 378 g/mol. The normalized spacial score (nSPS) is 16.1. The number of rotatable bonds is 2. The summed E-state index contributed by atoms with van der Waals surface area (Å²) in [5.41, 5.74) is 4.42. The second kappa shape index (κ2) is 5.79. The number of furan rings is 1. The fourth-order valence-corrected chi connectivity index (χ4v) is 3.94. The molecule has 0 unspecified atom stereocenters. The predicted octanol–water partition coefficient (Wildman–Crippen LogP) is 3.86. The second-order valence-electron chi connectivity index (χ2n) is 5.74. The molecule has 1 aliphatic heterocycles. The van der Waals surface area contributed by atoms with Gasteiger partial charge in [0.25, 0.3) is 5.91 Å². The van der Waals surface area contributed by atoms with Crippen LogP contribution in [0, 0.1) is 0 Å². The van der Waals surface area contributed by atoms with E-state index in [4.69, 9.17) is 16.6 Å². The van der Waals surface area contributed by atoms with Crippen molar-refractivity contribution in [3.05, 3.63) is 53.7 Å². The third-order valence-electron chi connectivity index (χ3n) is 4.09. The van der Waals surface area contributed by atoms with Gasteiger partial charge >= 0.3 is 0 Å². The van der Waals surface area contributed by atoms with Gasteiger partial charge in [0.15, 0.2) is 0 Å². The number of aromatic nitrogens is 3. The van der Waals surface area contributed by atoms with Crippen molar-refractivity contribution in [1.29, 1.82) is 0 Å². The van der Waals surface area contributed by atoms with Gasteiger partial charge in [-0.2, -0.15) is 0 Å². The van der Waals surface area contributed by atoms with Gasteiger partial charge in [-0.15, -0.1) is 0 Å². The first-order chi connectivity index (χ1) is 12.7. The molecule has 1 aliphatic rings. The Hall–Kier alpha value is -2.97. The largest absolute Gasteiger partial charge is 0.456 e. The highest BCUT2D eigenvalue weighted by Gasteiger charge is 2.23. The van der Waals surface area contributed by atoms with Crippen molar-refractivity contribution >= 4 is 62.3 Å². The van der Waals surface area contributed by atoms with Crippen molar-refractivity contribution in [2.75, 3.05) is 0 Å². The molecule has 1 amide bonds. The first kappa shape index (κ1) is 15.3. The molecule has 0 aliphatic carbocycles. The molecule has 0 spiro atoms. The number of thioether (sulfide) groups is 1. The summed E-state index contributed by atoms with van der Waals surface area (Å²) in [5.74, 6) is 0.378. The number of hydrogen-bond donors (Lipinski definition) is 2. The van der Waals surface area contributed by atoms with E-state index in [2.05, 4.69) is 20.3 Å². The van der Waals surface area contributed by atoms with Gasteiger partial charge in [-0.3, -0.25) is 9.78 Å². The number of H-pyrrole nitrogens is 1. The summed E-state index contributed by atoms with van der Waals surface area (Å²) in [6.45, 7) is 0. The maximum Gasteiger partial charge on any atom is 0.263 e. The third kappa shape index (κ3) is 2.51. The molecule has 8 heteroatoms. The van der Waals surface area contributed by atoms with Crippen LogP contribution in [0.4, 0.5) is 0 Å². The van der Waals surface area contributed by atoms with Crippen molar-refractivity contribution in [2.24, 2.45) is 0 Å². The van der Waals surface area contributed by atoms with Crippen LogP contribution in [0.2, 0.25) is 0 Å². The zero-order chi connectivity index (χ0) is 17.7. The van der Waals surface area contributed by atoms with Gasteiger partial charge in [-0.05, 0) is 23.8 Å². The molecule has 1 saturated heterocycles. The van der Waals surface area contributed by atoms with Crippen molar-refractivity contribution in [1.82, 2.24) is 20.3 Å². The van der Waals surface area contributed by atoms with Crippen LogP contribution in [-0.2, 0) is 4.79 Å². The van der Waals surface area contributed by atoms with Crippen molar-refractivity contribution in [2.45, 2.75) is 0 Å². The summed E-state index contributed by atoms with van der Waals surface area (Å²) in [5, 5.41) is 3.46. The van der Waals surface area contributed by atoms with E-state index < -0.39 is 0 Å². The average molecular weight is 378 g/mol. The number of benzene rings is 1. The van der Waals surface area contributed by atoms with Crippen LogP contribution < -0.4 is 5.32 Å². The number of amides is 1. The Morgan fingerprint density at radius 3 is 3.00 bits per heavy atom. The Kier molecular flexibility index (Phi) is 3.41. The van der Waals surface area contributed by atoms with E-state index in [1.54, 1.807) is 24.8 Å². The summed E-state index contributed by atoms with van der Waals surface area (Å²) in [4.78, 5) is 24.0. The molecule has 0 atom stereocenters. The van der Waals surface area contributed by atoms with E-state index in [1.807, 2.05) is 24.3 Å². The van der Waals surface area contributed by atoms with E-state index in [0.29, 0.717) is 15.0 Å². The van der Waals surface area contributed by atoms with Gasteiger partial charge in [-0.1, -0.05) is 30.0 Å². The third-order valence-corrected chi connectivity index (χ3v) is 5.25. The molecule has 26 heavy (non-hydrogen) atoms. The van der Waals surface area contributed by atoms with E-state index >= 15 is 0 Å². The Bertz CT molecular complexity index is 1240. The van der Waals surface area contributed by atoms with Gasteiger partial charge in [0, 0.05) is 29.4 Å². The molecule has 4 aromatic rings. The first-order valence-electron chi connectivity index (χ1n) is 7.73. The number of nitrogens with zero attached hydrogens (tertiary/aromatic N) is 2. The molecule has 2 N–H and O–H groups in total. The lowest BCUT2D eigenvalue weighted by atomic mass is 10.1. The van der Waals surface area contributed by atoms with E-state index in [0.717, 1.165) is 33.1 Å². The molecule has 6 nitrogen and oxygen atoms in total. The standard InChI is InChI=1S/C18H10N4O2S2/c23-17-15(26-18(25)22-17)5-11-3-10-6-19-7-12(16(10)24-11)9-1-2-13-14(4-9)21-8-20-13/h1-8H,(H,20,21)(H,22,23,25)/b15-5-. The van der Waals surface area contributed by atoms with Gasteiger partial charge < -0.3 is 14.7 Å². The average Bonchev–Trinajstić information content (AvgIpc) is 3.32. The lowest BCUT2D eigenvalue weighted by Gasteiger charge is -2.02. The van der Waals surface area contributed by atoms with Gasteiger partial charge in [0.1, 0.15) is 15.7 Å². The fourth-order valence-electron chi connectivity index (χ4n) is 2.91. The summed E-state index contributed by atoms with van der Waals surface area (Å²) in [6, 6.07) is 7.81. The summed E-state index contributed by atoms with van der Waals surface area (Å²) in [7, 11) is 0. The van der Waals surface area contributed by atoms with Gasteiger partial charge in [0.2, 0.25) is 0 Å². The maximum atomic E-state index is 11.8. The number of pyridine rings is 1. The van der Waals surface area contributed by atoms with E-state index in [1.165, 1.54) is 11.8 Å². The summed E-state index contributed by atoms with van der Waals surface area (Å²) < 4.78 is 6.47. The number of carbonyl (C=O) groups is 1. The quantitative estimate of drug-likeness (QED) is 0.407. The fraction of sp³-hybridized carbons (Fsp3) is 0. The molecule has 0 bridgehead atoms. The van der Waals surface area contributed by atoms with Gasteiger partial charge in [0.05, 0.1) is 22.3 Å². The number of aromatic amines is 1.